The van der Waals surface area contributed by atoms with Gasteiger partial charge in [-0.3, -0.25) is 10.3 Å². The number of amidine groups is 1. The Morgan fingerprint density at radius 1 is 1.45 bits per heavy atom. The van der Waals surface area contributed by atoms with Gasteiger partial charge < -0.3 is 5.73 Å². The molecule has 7 heteroatoms. The summed E-state index contributed by atoms with van der Waals surface area (Å²) in [6, 6.07) is 0. The zero-order chi connectivity index (χ0) is 15.4. The molecule has 0 radical (unpaired) electrons. The Hall–Kier alpha value is -0.270. The van der Waals surface area contributed by atoms with E-state index in [0.717, 1.165) is 38.1 Å². The number of thioether (sulfide) groups is 1. The van der Waals surface area contributed by atoms with E-state index in [-0.39, 0.29) is 16.6 Å². The van der Waals surface area contributed by atoms with Crippen molar-refractivity contribution in [1.82, 2.24) is 4.90 Å². The summed E-state index contributed by atoms with van der Waals surface area (Å²) in [5, 5.41) is 7.20. The summed E-state index contributed by atoms with van der Waals surface area (Å²) < 4.78 is 23.6. The van der Waals surface area contributed by atoms with Gasteiger partial charge in [-0.05, 0) is 19.4 Å². The topological polar surface area (TPSA) is 87.2 Å². The Morgan fingerprint density at radius 3 is 2.65 bits per heavy atom. The minimum absolute atomic E-state index is 0.223. The van der Waals surface area contributed by atoms with Crippen LogP contribution in [0.3, 0.4) is 0 Å². The molecule has 0 saturated carbocycles. The molecule has 1 rings (SSSR count). The maximum absolute atomic E-state index is 11.8. The Kier molecular flexibility index (Phi) is 6.34. The zero-order valence-electron chi connectivity index (χ0n) is 12.7. The van der Waals surface area contributed by atoms with Crippen LogP contribution < -0.4 is 5.73 Å². The van der Waals surface area contributed by atoms with Crippen LogP contribution in [0.25, 0.3) is 0 Å². The summed E-state index contributed by atoms with van der Waals surface area (Å²) in [4.78, 5) is 2.09. The first-order chi connectivity index (χ1) is 9.14. The highest BCUT2D eigenvalue weighted by atomic mass is 32.2. The van der Waals surface area contributed by atoms with Crippen molar-refractivity contribution >= 4 is 27.4 Å². The van der Waals surface area contributed by atoms with Crippen molar-refractivity contribution in [3.8, 4) is 0 Å². The number of nitrogens with zero attached hydrogens (tertiary/aromatic N) is 1. The van der Waals surface area contributed by atoms with Crippen molar-refractivity contribution in [2.24, 2.45) is 11.1 Å². The van der Waals surface area contributed by atoms with Crippen molar-refractivity contribution in [3.05, 3.63) is 0 Å². The smallest absolute Gasteiger partial charge is 0.164 e. The molecular formula is C13H27N3O2S2. The molecule has 1 aliphatic heterocycles. The van der Waals surface area contributed by atoms with E-state index in [9.17, 15) is 8.42 Å². The second kappa shape index (κ2) is 7.13. The van der Waals surface area contributed by atoms with Gasteiger partial charge in [0.1, 0.15) is 5.37 Å². The number of hydrogen-bond acceptors (Lipinski definition) is 5. The fourth-order valence-corrected chi connectivity index (χ4v) is 5.25. The molecule has 0 aromatic heterocycles. The quantitative estimate of drug-likeness (QED) is 0.422. The van der Waals surface area contributed by atoms with Crippen LogP contribution in [0.1, 0.15) is 33.1 Å². The van der Waals surface area contributed by atoms with Crippen molar-refractivity contribution in [3.63, 3.8) is 0 Å². The van der Waals surface area contributed by atoms with E-state index in [2.05, 4.69) is 4.90 Å². The van der Waals surface area contributed by atoms with Crippen LogP contribution in [0, 0.1) is 10.8 Å². The van der Waals surface area contributed by atoms with Gasteiger partial charge in [-0.1, -0.05) is 20.3 Å². The van der Waals surface area contributed by atoms with Gasteiger partial charge >= 0.3 is 0 Å². The summed E-state index contributed by atoms with van der Waals surface area (Å²) in [5.74, 6) is 1.91. The van der Waals surface area contributed by atoms with Gasteiger partial charge in [0.2, 0.25) is 0 Å². The molecule has 0 aromatic carbocycles. The minimum Gasteiger partial charge on any atom is -0.387 e. The van der Waals surface area contributed by atoms with E-state index >= 15 is 0 Å². The van der Waals surface area contributed by atoms with Crippen molar-refractivity contribution in [2.45, 2.75) is 38.5 Å². The molecule has 0 aromatic rings. The van der Waals surface area contributed by atoms with Crippen molar-refractivity contribution < 1.29 is 8.42 Å². The van der Waals surface area contributed by atoms with Crippen LogP contribution in [0.4, 0.5) is 0 Å². The van der Waals surface area contributed by atoms with Gasteiger partial charge in [-0.2, -0.15) is 11.8 Å². The molecule has 0 amide bonds. The molecule has 0 bridgehead atoms. The van der Waals surface area contributed by atoms with E-state index in [1.54, 1.807) is 11.8 Å². The number of rotatable bonds is 7. The van der Waals surface area contributed by atoms with Gasteiger partial charge in [0.05, 0.1) is 5.84 Å². The Morgan fingerprint density at radius 2 is 2.10 bits per heavy atom. The fraction of sp³-hybridized carbons (Fsp3) is 0.923. The Labute approximate surface area is 127 Å². The molecule has 1 fully saturated rings. The molecule has 1 unspecified atom stereocenters. The van der Waals surface area contributed by atoms with Gasteiger partial charge in [0.15, 0.2) is 9.84 Å². The third-order valence-corrected chi connectivity index (χ3v) is 6.60. The Bertz CT molecular complexity index is 435. The van der Waals surface area contributed by atoms with E-state index in [0.29, 0.717) is 5.75 Å². The number of nitrogens with one attached hydrogen (secondary N) is 1. The van der Waals surface area contributed by atoms with E-state index in [1.807, 2.05) is 13.8 Å². The molecule has 1 heterocycles. The molecule has 20 heavy (non-hydrogen) atoms. The normalized spacial score (nSPS) is 21.9. The van der Waals surface area contributed by atoms with E-state index in [4.69, 9.17) is 11.1 Å². The predicted octanol–water partition coefficient (Wildman–Crippen LogP) is 1.54. The van der Waals surface area contributed by atoms with Gasteiger partial charge in [0.25, 0.3) is 0 Å². The molecule has 3 N–H and O–H groups in total. The first-order valence-electron chi connectivity index (χ1n) is 7.00. The molecule has 0 spiro atoms. The largest absolute Gasteiger partial charge is 0.387 e. The average molecular weight is 322 g/mol. The molecule has 1 saturated heterocycles. The molecule has 5 nitrogen and oxygen atoms in total. The third kappa shape index (κ3) is 5.26. The zero-order valence-corrected chi connectivity index (χ0v) is 14.3. The molecule has 0 aliphatic carbocycles. The SMILES string of the molecule is CC(C)(CCCCN1CCSCC1S(C)(=O)=O)C(=N)N. The lowest BCUT2D eigenvalue weighted by molar-refractivity contribution is 0.260. The Balaban J connectivity index is 2.42. The molecule has 1 atom stereocenters. The highest BCUT2D eigenvalue weighted by molar-refractivity contribution is 8.00. The number of unbranched alkanes of at least 4 members (excludes halogenated alkanes) is 1. The fourth-order valence-electron chi connectivity index (χ4n) is 2.28. The molecule has 118 valence electrons. The van der Waals surface area contributed by atoms with Crippen LogP contribution in [-0.4, -0.2) is 55.4 Å². The van der Waals surface area contributed by atoms with Crippen molar-refractivity contribution in [1.29, 1.82) is 5.41 Å². The first kappa shape index (κ1) is 17.8. The number of nitrogens with two attached hydrogens (primary N) is 1. The summed E-state index contributed by atoms with van der Waals surface area (Å²) >= 11 is 1.72. The molecule has 1 aliphatic rings. The summed E-state index contributed by atoms with van der Waals surface area (Å²) in [5.41, 5.74) is 5.31. The lowest BCUT2D eigenvalue weighted by Crippen LogP contribution is -2.47. The highest BCUT2D eigenvalue weighted by Crippen LogP contribution is 2.24. The summed E-state index contributed by atoms with van der Waals surface area (Å²) in [6.07, 6.45) is 4.12. The maximum atomic E-state index is 11.8. The van der Waals surface area contributed by atoms with E-state index in [1.165, 1.54) is 6.26 Å². The second-order valence-electron chi connectivity index (χ2n) is 6.15. The average Bonchev–Trinajstić information content (AvgIpc) is 2.34. The standard InChI is InChI=1S/C13H27N3O2S2/c1-13(2,12(14)15)6-4-5-7-16-8-9-19-10-11(16)20(3,17)18/h11H,4-10H2,1-3H3,(H3,14,15). The van der Waals surface area contributed by atoms with E-state index < -0.39 is 9.84 Å². The third-order valence-electron chi connectivity index (χ3n) is 3.91. The maximum Gasteiger partial charge on any atom is 0.164 e. The van der Waals surface area contributed by atoms with Crippen LogP contribution in [0.5, 0.6) is 0 Å². The summed E-state index contributed by atoms with van der Waals surface area (Å²) in [7, 11) is -3.00. The second-order valence-corrected chi connectivity index (χ2v) is 9.50. The molecular weight excluding hydrogens is 294 g/mol. The van der Waals surface area contributed by atoms with Crippen molar-refractivity contribution in [2.75, 3.05) is 30.9 Å². The van der Waals surface area contributed by atoms with Crippen LogP contribution in [0.2, 0.25) is 0 Å². The number of hydrogen-bond donors (Lipinski definition) is 2. The highest BCUT2D eigenvalue weighted by Gasteiger charge is 2.30. The van der Waals surface area contributed by atoms with Crippen LogP contribution in [-0.2, 0) is 9.84 Å². The predicted molar refractivity (Wildman–Crippen MR) is 87.1 cm³/mol. The van der Waals surface area contributed by atoms with Crippen LogP contribution in [0.15, 0.2) is 0 Å². The van der Waals surface area contributed by atoms with Crippen LogP contribution >= 0.6 is 11.8 Å². The summed E-state index contributed by atoms with van der Waals surface area (Å²) in [6.45, 7) is 5.61. The van der Waals surface area contributed by atoms with Gasteiger partial charge in [-0.25, -0.2) is 8.42 Å². The lowest BCUT2D eigenvalue weighted by Gasteiger charge is -2.34. The first-order valence-corrected chi connectivity index (χ1v) is 10.1. The van der Waals surface area contributed by atoms with Gasteiger partial charge in [0, 0.05) is 29.7 Å². The monoisotopic (exact) mass is 321 g/mol. The number of sulfone groups is 1. The minimum atomic E-state index is -3.00. The lowest BCUT2D eigenvalue weighted by atomic mass is 9.86. The van der Waals surface area contributed by atoms with Gasteiger partial charge in [-0.15, -0.1) is 0 Å².